The van der Waals surface area contributed by atoms with Crippen molar-refractivity contribution in [3.63, 3.8) is 0 Å². The van der Waals surface area contributed by atoms with E-state index in [4.69, 9.17) is 16.3 Å². The van der Waals surface area contributed by atoms with Crippen LogP contribution in [0.2, 0.25) is 5.02 Å². The zero-order chi connectivity index (χ0) is 12.8. The van der Waals surface area contributed by atoms with E-state index in [1.54, 1.807) is 6.92 Å². The molecule has 5 heteroatoms. The van der Waals surface area contributed by atoms with Crippen molar-refractivity contribution < 1.29 is 19.7 Å². The van der Waals surface area contributed by atoms with Gasteiger partial charge in [0.25, 0.3) is 0 Å². The second-order valence-corrected chi connectivity index (χ2v) is 4.71. The molecule has 0 saturated heterocycles. The number of carbonyl (C=O) groups is 1. The minimum absolute atomic E-state index is 0.0360. The van der Waals surface area contributed by atoms with Crippen molar-refractivity contribution in [2.24, 2.45) is 0 Å². The van der Waals surface area contributed by atoms with Gasteiger partial charge in [-0.2, -0.15) is 0 Å². The summed E-state index contributed by atoms with van der Waals surface area (Å²) in [5.74, 6) is -0.575. The van der Waals surface area contributed by atoms with Gasteiger partial charge in [-0.1, -0.05) is 11.6 Å². The highest BCUT2D eigenvalue weighted by molar-refractivity contribution is 6.32. The van der Waals surface area contributed by atoms with Crippen LogP contribution in [0.25, 0.3) is 0 Å². The van der Waals surface area contributed by atoms with E-state index in [9.17, 15) is 15.0 Å². The van der Waals surface area contributed by atoms with Crippen molar-refractivity contribution in [3.05, 3.63) is 22.2 Å². The predicted molar refractivity (Wildman–Crippen MR) is 63.0 cm³/mol. The lowest BCUT2D eigenvalue weighted by atomic mass is 9.93. The number of carboxylic acid groups (broad SMARTS) is 1. The number of hydrogen-bond donors (Lipinski definition) is 2. The number of aliphatic carboxylic acids is 1. The first kappa shape index (κ1) is 12.0. The number of aromatic hydroxyl groups is 1. The Balaban J connectivity index is 2.62. The highest BCUT2D eigenvalue weighted by Gasteiger charge is 2.53. The summed E-state index contributed by atoms with van der Waals surface area (Å²) >= 11 is 6.02. The first-order chi connectivity index (χ1) is 7.94. The maximum absolute atomic E-state index is 11.2. The zero-order valence-electron chi connectivity index (χ0n) is 9.58. The lowest BCUT2D eigenvalue weighted by Gasteiger charge is -2.17. The third-order valence-electron chi connectivity index (χ3n) is 3.32. The Hall–Kier alpha value is -1.42. The Bertz CT molecular complexity index is 492. The Morgan fingerprint density at radius 3 is 2.53 bits per heavy atom. The van der Waals surface area contributed by atoms with Crippen LogP contribution >= 0.6 is 11.6 Å². The number of methoxy groups -OCH3 is 1. The number of carboxylic acids is 1. The Labute approximate surface area is 104 Å². The number of halogens is 1. The van der Waals surface area contributed by atoms with Gasteiger partial charge in [0.05, 0.1) is 17.5 Å². The van der Waals surface area contributed by atoms with Gasteiger partial charge in [0, 0.05) is 11.1 Å². The van der Waals surface area contributed by atoms with Gasteiger partial charge >= 0.3 is 5.97 Å². The quantitative estimate of drug-likeness (QED) is 0.872. The molecular weight excluding hydrogens is 244 g/mol. The zero-order valence-corrected chi connectivity index (χ0v) is 10.3. The number of phenolic OH excluding ortho intramolecular Hbond substituents is 1. The third kappa shape index (κ3) is 1.63. The molecule has 1 aromatic rings. The largest absolute Gasteiger partial charge is 0.507 e. The van der Waals surface area contributed by atoms with E-state index in [1.165, 1.54) is 13.2 Å². The minimum Gasteiger partial charge on any atom is -0.507 e. The van der Waals surface area contributed by atoms with Crippen LogP contribution in [-0.2, 0) is 10.2 Å². The summed E-state index contributed by atoms with van der Waals surface area (Å²) in [6.07, 6.45) is 1.05. The first-order valence-electron chi connectivity index (χ1n) is 5.24. The number of rotatable bonds is 3. The summed E-state index contributed by atoms with van der Waals surface area (Å²) in [5.41, 5.74) is -0.110. The van der Waals surface area contributed by atoms with E-state index >= 15 is 0 Å². The van der Waals surface area contributed by atoms with Crippen LogP contribution < -0.4 is 4.74 Å². The van der Waals surface area contributed by atoms with Gasteiger partial charge in [0.1, 0.15) is 11.5 Å². The minimum atomic E-state index is -0.968. The molecule has 1 aliphatic carbocycles. The van der Waals surface area contributed by atoms with Gasteiger partial charge in [0.15, 0.2) is 0 Å². The molecule has 0 radical (unpaired) electrons. The summed E-state index contributed by atoms with van der Waals surface area (Å²) in [5, 5.41) is 19.6. The summed E-state index contributed by atoms with van der Waals surface area (Å²) < 4.78 is 5.07. The summed E-state index contributed by atoms with van der Waals surface area (Å²) in [7, 11) is 1.46. The molecule has 2 rings (SSSR count). The molecule has 17 heavy (non-hydrogen) atoms. The SMILES string of the molecule is COc1c(Cl)cc(C2(C(=O)O)CC2)c(O)c1C. The third-order valence-corrected chi connectivity index (χ3v) is 3.60. The van der Waals surface area contributed by atoms with Gasteiger partial charge in [-0.05, 0) is 25.8 Å². The van der Waals surface area contributed by atoms with Crippen molar-refractivity contribution in [2.75, 3.05) is 7.11 Å². The second kappa shape index (κ2) is 3.81. The van der Waals surface area contributed by atoms with Crippen molar-refractivity contribution in [2.45, 2.75) is 25.2 Å². The molecule has 0 aliphatic heterocycles. The van der Waals surface area contributed by atoms with E-state index < -0.39 is 11.4 Å². The summed E-state index contributed by atoms with van der Waals surface area (Å²) in [6, 6.07) is 1.49. The monoisotopic (exact) mass is 256 g/mol. The Morgan fingerprint density at radius 2 is 2.12 bits per heavy atom. The van der Waals surface area contributed by atoms with E-state index in [2.05, 4.69) is 0 Å². The Morgan fingerprint density at radius 1 is 1.53 bits per heavy atom. The molecule has 1 fully saturated rings. The van der Waals surface area contributed by atoms with Gasteiger partial charge in [0.2, 0.25) is 0 Å². The Kier molecular flexibility index (Phi) is 2.70. The average Bonchev–Trinajstić information content (AvgIpc) is 3.05. The smallest absolute Gasteiger partial charge is 0.314 e. The molecule has 0 atom stereocenters. The highest BCUT2D eigenvalue weighted by atomic mass is 35.5. The van der Waals surface area contributed by atoms with Crippen LogP contribution in [0.15, 0.2) is 6.07 Å². The predicted octanol–water partition coefficient (Wildman–Crippen LogP) is 2.48. The van der Waals surface area contributed by atoms with E-state index in [0.717, 1.165) is 0 Å². The standard InChI is InChI=1S/C12H13ClO4/c1-6-9(14)7(5-8(13)10(6)17-2)12(3-4-12)11(15)16/h5,14H,3-4H2,1-2H3,(H,15,16). The van der Waals surface area contributed by atoms with Crippen molar-refractivity contribution in [1.82, 2.24) is 0 Å². The molecule has 0 aromatic heterocycles. The highest BCUT2D eigenvalue weighted by Crippen LogP contribution is 2.54. The molecule has 0 spiro atoms. The van der Waals surface area contributed by atoms with Gasteiger partial charge in [-0.15, -0.1) is 0 Å². The lowest BCUT2D eigenvalue weighted by molar-refractivity contribution is -0.140. The van der Waals surface area contributed by atoms with Crippen molar-refractivity contribution in [1.29, 1.82) is 0 Å². The molecule has 0 heterocycles. The molecule has 92 valence electrons. The average molecular weight is 257 g/mol. The van der Waals surface area contributed by atoms with E-state index in [0.29, 0.717) is 34.7 Å². The fourth-order valence-corrected chi connectivity index (χ4v) is 2.42. The molecule has 0 unspecified atom stereocenters. The number of benzene rings is 1. The maximum atomic E-state index is 11.2. The van der Waals surface area contributed by atoms with Crippen molar-refractivity contribution >= 4 is 17.6 Å². The lowest BCUT2D eigenvalue weighted by Crippen LogP contribution is -2.20. The fourth-order valence-electron chi connectivity index (χ4n) is 2.09. The molecule has 1 saturated carbocycles. The molecule has 2 N–H and O–H groups in total. The maximum Gasteiger partial charge on any atom is 0.314 e. The molecule has 0 amide bonds. The van der Waals surface area contributed by atoms with Crippen LogP contribution in [0.3, 0.4) is 0 Å². The summed E-state index contributed by atoms with van der Waals surface area (Å²) in [6.45, 7) is 1.65. The van der Waals surface area contributed by atoms with Gasteiger partial charge in [-0.3, -0.25) is 4.79 Å². The van der Waals surface area contributed by atoms with Crippen LogP contribution in [0, 0.1) is 6.92 Å². The fraction of sp³-hybridized carbons (Fsp3) is 0.417. The molecule has 1 aliphatic rings. The van der Waals surface area contributed by atoms with E-state index in [1.807, 2.05) is 0 Å². The first-order valence-corrected chi connectivity index (χ1v) is 5.62. The second-order valence-electron chi connectivity index (χ2n) is 4.30. The van der Waals surface area contributed by atoms with Gasteiger partial charge in [-0.25, -0.2) is 0 Å². The number of phenols is 1. The molecular formula is C12H13ClO4. The topological polar surface area (TPSA) is 66.8 Å². The molecule has 1 aromatic carbocycles. The van der Waals surface area contributed by atoms with Crippen LogP contribution in [0.5, 0.6) is 11.5 Å². The van der Waals surface area contributed by atoms with Crippen LogP contribution in [0.1, 0.15) is 24.0 Å². The number of ether oxygens (including phenoxy) is 1. The van der Waals surface area contributed by atoms with Gasteiger partial charge < -0.3 is 14.9 Å². The van der Waals surface area contributed by atoms with Crippen LogP contribution in [0.4, 0.5) is 0 Å². The van der Waals surface area contributed by atoms with Crippen LogP contribution in [-0.4, -0.2) is 23.3 Å². The molecule has 4 nitrogen and oxygen atoms in total. The van der Waals surface area contributed by atoms with E-state index in [-0.39, 0.29) is 5.75 Å². The summed E-state index contributed by atoms with van der Waals surface area (Å²) in [4.78, 5) is 11.2. The number of hydrogen-bond acceptors (Lipinski definition) is 3. The van der Waals surface area contributed by atoms with Crippen molar-refractivity contribution in [3.8, 4) is 11.5 Å². The normalized spacial score (nSPS) is 16.6. The molecule has 0 bridgehead atoms.